The predicted octanol–water partition coefficient (Wildman–Crippen LogP) is 2.86. The van der Waals surface area contributed by atoms with E-state index in [-0.39, 0.29) is 35.7 Å². The number of anilines is 1. The molecule has 0 aliphatic heterocycles. The third-order valence-electron chi connectivity index (χ3n) is 4.81. The van der Waals surface area contributed by atoms with Crippen molar-refractivity contribution in [3.8, 4) is 0 Å². The Morgan fingerprint density at radius 2 is 2.14 bits per heavy atom. The number of nitrogen functional groups attached to an aromatic ring is 1. The zero-order valence-electron chi connectivity index (χ0n) is 16.1. The van der Waals surface area contributed by atoms with E-state index in [0.717, 1.165) is 19.3 Å². The Balaban J connectivity index is 1.63. The van der Waals surface area contributed by atoms with Gasteiger partial charge in [-0.1, -0.05) is 36.0 Å². The number of hydrogen-bond donors (Lipinski definition) is 1. The molecule has 7 nitrogen and oxygen atoms in total. The van der Waals surface area contributed by atoms with Gasteiger partial charge in [0.2, 0.25) is 5.91 Å². The van der Waals surface area contributed by atoms with Crippen molar-refractivity contribution in [1.29, 1.82) is 0 Å². The van der Waals surface area contributed by atoms with Crippen LogP contribution in [-0.4, -0.2) is 46.2 Å². The molecule has 8 heteroatoms. The summed E-state index contributed by atoms with van der Waals surface area (Å²) in [7, 11) is 1.84. The number of aryl methyl sites for hydroxylation is 1. The van der Waals surface area contributed by atoms with Gasteiger partial charge in [-0.05, 0) is 37.3 Å². The molecule has 1 aromatic carbocycles. The average molecular weight is 401 g/mol. The molecule has 0 spiro atoms. The van der Waals surface area contributed by atoms with Gasteiger partial charge in [-0.2, -0.15) is 0 Å². The Labute approximate surface area is 168 Å². The highest BCUT2D eigenvalue weighted by molar-refractivity contribution is 7.99. The molecule has 0 bridgehead atoms. The van der Waals surface area contributed by atoms with Crippen molar-refractivity contribution in [2.24, 2.45) is 0 Å². The fourth-order valence-electron chi connectivity index (χ4n) is 3.35. The minimum absolute atomic E-state index is 0.00310. The van der Waals surface area contributed by atoms with Crippen LogP contribution in [0.2, 0.25) is 0 Å². The number of hydrogen-bond acceptors (Lipinski definition) is 7. The van der Waals surface area contributed by atoms with Crippen LogP contribution in [0.3, 0.4) is 0 Å². The molecule has 1 heterocycles. The number of ether oxygens (including phenoxy) is 1. The summed E-state index contributed by atoms with van der Waals surface area (Å²) in [5.41, 5.74) is 8.51. The van der Waals surface area contributed by atoms with Gasteiger partial charge in [0.15, 0.2) is 5.16 Å². The van der Waals surface area contributed by atoms with Crippen molar-refractivity contribution in [2.75, 3.05) is 25.1 Å². The molecule has 0 saturated carbocycles. The lowest BCUT2D eigenvalue weighted by atomic mass is 9.87. The van der Waals surface area contributed by atoms with Crippen molar-refractivity contribution < 1.29 is 14.3 Å². The lowest BCUT2D eigenvalue weighted by Gasteiger charge is -2.33. The highest BCUT2D eigenvalue weighted by Gasteiger charge is 2.26. The summed E-state index contributed by atoms with van der Waals surface area (Å²) in [6.45, 7) is 1.96. The molecule has 1 amide bonds. The number of amides is 1. The third kappa shape index (κ3) is 4.44. The normalized spacial score (nSPS) is 15.6. The SMILES string of the molecule is CCOC(=O)c1cnc(SCC(=O)N(C)C2CCCc3ccccc32)nc1N. The van der Waals surface area contributed by atoms with E-state index >= 15 is 0 Å². The molecule has 1 unspecified atom stereocenters. The van der Waals surface area contributed by atoms with Gasteiger partial charge in [-0.15, -0.1) is 0 Å². The molecular weight excluding hydrogens is 376 g/mol. The van der Waals surface area contributed by atoms with E-state index < -0.39 is 5.97 Å². The van der Waals surface area contributed by atoms with Gasteiger partial charge in [-0.3, -0.25) is 4.79 Å². The van der Waals surface area contributed by atoms with Crippen molar-refractivity contribution in [3.05, 3.63) is 47.2 Å². The molecule has 1 atom stereocenters. The summed E-state index contributed by atoms with van der Waals surface area (Å²) >= 11 is 1.20. The Morgan fingerprint density at radius 1 is 1.36 bits per heavy atom. The number of nitrogens with two attached hydrogens (primary N) is 1. The maximum absolute atomic E-state index is 12.7. The average Bonchev–Trinajstić information content (AvgIpc) is 2.71. The molecule has 1 aliphatic rings. The molecule has 0 saturated heterocycles. The molecule has 2 aromatic rings. The molecule has 1 aromatic heterocycles. The van der Waals surface area contributed by atoms with Crippen LogP contribution in [-0.2, 0) is 16.0 Å². The van der Waals surface area contributed by atoms with E-state index in [0.29, 0.717) is 5.16 Å². The Bertz CT molecular complexity index is 874. The van der Waals surface area contributed by atoms with Crippen LogP contribution >= 0.6 is 11.8 Å². The molecule has 0 radical (unpaired) electrons. The van der Waals surface area contributed by atoms with Crippen LogP contribution in [0.1, 0.15) is 47.3 Å². The first-order valence-electron chi connectivity index (χ1n) is 9.27. The second-order valence-electron chi connectivity index (χ2n) is 6.57. The maximum Gasteiger partial charge on any atom is 0.343 e. The highest BCUT2D eigenvalue weighted by Crippen LogP contribution is 2.33. The standard InChI is InChI=1S/C20H24N4O3S/c1-3-27-19(26)15-11-22-20(23-18(15)21)28-12-17(25)24(2)16-10-6-8-13-7-4-5-9-14(13)16/h4-5,7,9,11,16H,3,6,8,10,12H2,1-2H3,(H2,21,22,23). The third-order valence-corrected chi connectivity index (χ3v) is 5.66. The highest BCUT2D eigenvalue weighted by atomic mass is 32.2. The number of carbonyl (C=O) groups is 2. The summed E-state index contributed by atoms with van der Waals surface area (Å²) in [6.07, 6.45) is 4.43. The topological polar surface area (TPSA) is 98.4 Å². The van der Waals surface area contributed by atoms with Crippen molar-refractivity contribution in [2.45, 2.75) is 37.4 Å². The number of nitrogens with zero attached hydrogens (tertiary/aromatic N) is 3. The Kier molecular flexibility index (Phi) is 6.51. The molecule has 3 rings (SSSR count). The van der Waals surface area contributed by atoms with Crippen LogP contribution in [0, 0.1) is 0 Å². The van der Waals surface area contributed by atoms with E-state index in [1.54, 1.807) is 11.8 Å². The van der Waals surface area contributed by atoms with E-state index in [1.165, 1.54) is 29.1 Å². The van der Waals surface area contributed by atoms with Crippen LogP contribution in [0.25, 0.3) is 0 Å². The molecule has 28 heavy (non-hydrogen) atoms. The zero-order valence-corrected chi connectivity index (χ0v) is 16.9. The van der Waals surface area contributed by atoms with E-state index in [1.807, 2.05) is 19.2 Å². The number of thioether (sulfide) groups is 1. The van der Waals surface area contributed by atoms with Gasteiger partial charge in [0.05, 0.1) is 18.4 Å². The summed E-state index contributed by atoms with van der Waals surface area (Å²) < 4.78 is 4.91. The monoisotopic (exact) mass is 400 g/mol. The second-order valence-corrected chi connectivity index (χ2v) is 7.51. The molecule has 0 fully saturated rings. The molecular formula is C20H24N4O3S. The summed E-state index contributed by atoms with van der Waals surface area (Å²) in [6, 6.07) is 8.40. The van der Waals surface area contributed by atoms with Gasteiger partial charge in [0.1, 0.15) is 11.4 Å². The van der Waals surface area contributed by atoms with Crippen LogP contribution in [0.4, 0.5) is 5.82 Å². The quantitative estimate of drug-likeness (QED) is 0.452. The Morgan fingerprint density at radius 3 is 2.89 bits per heavy atom. The van der Waals surface area contributed by atoms with Crippen LogP contribution in [0.5, 0.6) is 0 Å². The number of aromatic nitrogens is 2. The van der Waals surface area contributed by atoms with Crippen LogP contribution in [0.15, 0.2) is 35.6 Å². The summed E-state index contributed by atoms with van der Waals surface area (Å²) in [5, 5.41) is 0.358. The lowest BCUT2D eigenvalue weighted by molar-refractivity contribution is -0.129. The van der Waals surface area contributed by atoms with Crippen molar-refractivity contribution in [1.82, 2.24) is 14.9 Å². The first-order chi connectivity index (χ1) is 13.5. The van der Waals surface area contributed by atoms with Crippen molar-refractivity contribution in [3.63, 3.8) is 0 Å². The zero-order chi connectivity index (χ0) is 20.1. The van der Waals surface area contributed by atoms with Crippen LogP contribution < -0.4 is 5.73 Å². The maximum atomic E-state index is 12.7. The summed E-state index contributed by atoms with van der Waals surface area (Å²) in [4.78, 5) is 34.5. The minimum atomic E-state index is -0.552. The minimum Gasteiger partial charge on any atom is -0.462 e. The number of fused-ring (bicyclic) bond motifs is 1. The largest absolute Gasteiger partial charge is 0.462 e. The van der Waals surface area contributed by atoms with Crippen molar-refractivity contribution >= 4 is 29.5 Å². The number of benzene rings is 1. The Hall–Kier alpha value is -2.61. The second kappa shape index (κ2) is 9.05. The molecule has 148 valence electrons. The van der Waals surface area contributed by atoms with Gasteiger partial charge >= 0.3 is 5.97 Å². The van der Waals surface area contributed by atoms with Gasteiger partial charge in [0.25, 0.3) is 0 Å². The number of rotatable bonds is 6. The lowest BCUT2D eigenvalue weighted by Crippen LogP contribution is -2.34. The van der Waals surface area contributed by atoms with E-state index in [9.17, 15) is 9.59 Å². The first-order valence-corrected chi connectivity index (χ1v) is 10.3. The molecule has 1 aliphatic carbocycles. The van der Waals surface area contributed by atoms with E-state index in [4.69, 9.17) is 10.5 Å². The number of esters is 1. The smallest absolute Gasteiger partial charge is 0.343 e. The fraction of sp³-hybridized carbons (Fsp3) is 0.400. The predicted molar refractivity (Wildman–Crippen MR) is 108 cm³/mol. The first kappa shape index (κ1) is 20.1. The number of carbonyl (C=O) groups excluding carboxylic acids is 2. The van der Waals surface area contributed by atoms with Gasteiger partial charge in [-0.25, -0.2) is 14.8 Å². The fourth-order valence-corrected chi connectivity index (χ4v) is 4.09. The molecule has 2 N–H and O–H groups in total. The van der Waals surface area contributed by atoms with Gasteiger partial charge in [0, 0.05) is 13.2 Å². The van der Waals surface area contributed by atoms with Gasteiger partial charge < -0.3 is 15.4 Å². The summed E-state index contributed by atoms with van der Waals surface area (Å²) in [5.74, 6) is -0.294. The van der Waals surface area contributed by atoms with E-state index in [2.05, 4.69) is 22.1 Å².